The molecule has 0 amide bonds. The van der Waals surface area contributed by atoms with Gasteiger partial charge in [0, 0.05) is 17.5 Å². The number of piperidine rings is 1. The minimum Gasteiger partial charge on any atom is -0.338 e. The van der Waals surface area contributed by atoms with E-state index in [4.69, 9.17) is 4.52 Å². The monoisotopic (exact) mass is 277 g/mol. The number of aromatic nitrogens is 2. The van der Waals surface area contributed by atoms with E-state index in [1.807, 2.05) is 11.4 Å². The quantitative estimate of drug-likeness (QED) is 0.932. The number of nitrogens with one attached hydrogen (secondary N) is 1. The highest BCUT2D eigenvalue weighted by Gasteiger charge is 2.38. The molecule has 0 bridgehead atoms. The van der Waals surface area contributed by atoms with Crippen LogP contribution in [0.25, 0.3) is 11.4 Å². The Labute approximate surface area is 117 Å². The molecular formula is C14H19N3OS. The number of thiophene rings is 1. The second-order valence-electron chi connectivity index (χ2n) is 5.25. The smallest absolute Gasteiger partial charge is 0.234 e. The number of nitrogens with zero attached hydrogens (tertiary/aromatic N) is 2. The summed E-state index contributed by atoms with van der Waals surface area (Å²) >= 11 is 1.65. The van der Waals surface area contributed by atoms with E-state index in [-0.39, 0.29) is 5.41 Å². The summed E-state index contributed by atoms with van der Waals surface area (Å²) in [6.07, 6.45) is 4.55. The molecule has 3 heterocycles. The topological polar surface area (TPSA) is 51.0 Å². The van der Waals surface area contributed by atoms with Crippen LogP contribution in [-0.4, -0.2) is 23.2 Å². The lowest BCUT2D eigenvalue weighted by Crippen LogP contribution is -2.43. The van der Waals surface area contributed by atoms with Crippen LogP contribution in [0.4, 0.5) is 0 Å². The fourth-order valence-electron chi connectivity index (χ4n) is 2.90. The molecule has 2 aromatic rings. The maximum atomic E-state index is 5.59. The fraction of sp³-hybridized carbons (Fsp3) is 0.571. The van der Waals surface area contributed by atoms with Crippen molar-refractivity contribution >= 4 is 11.3 Å². The Morgan fingerprint density at radius 3 is 3.16 bits per heavy atom. The zero-order valence-electron chi connectivity index (χ0n) is 11.2. The van der Waals surface area contributed by atoms with Crippen molar-refractivity contribution in [3.63, 3.8) is 0 Å². The zero-order valence-corrected chi connectivity index (χ0v) is 12.0. The van der Waals surface area contributed by atoms with Gasteiger partial charge in [-0.2, -0.15) is 16.3 Å². The molecule has 4 nitrogen and oxygen atoms in total. The summed E-state index contributed by atoms with van der Waals surface area (Å²) in [7, 11) is 0. The Hall–Kier alpha value is -1.20. The van der Waals surface area contributed by atoms with E-state index >= 15 is 0 Å². The van der Waals surface area contributed by atoms with Crippen LogP contribution in [0, 0.1) is 0 Å². The fourth-order valence-corrected chi connectivity index (χ4v) is 3.53. The van der Waals surface area contributed by atoms with Crippen molar-refractivity contribution in [2.24, 2.45) is 0 Å². The first kappa shape index (κ1) is 12.8. The molecular weight excluding hydrogens is 258 g/mol. The highest BCUT2D eigenvalue weighted by atomic mass is 32.1. The molecule has 1 N–H and O–H groups in total. The van der Waals surface area contributed by atoms with Gasteiger partial charge in [-0.1, -0.05) is 18.5 Å². The second-order valence-corrected chi connectivity index (χ2v) is 6.03. The normalized spacial score (nSPS) is 23.6. The average molecular weight is 277 g/mol. The summed E-state index contributed by atoms with van der Waals surface area (Å²) in [5.41, 5.74) is 1.09. The molecule has 1 aliphatic heterocycles. The third-order valence-electron chi connectivity index (χ3n) is 3.86. The van der Waals surface area contributed by atoms with Crippen LogP contribution < -0.4 is 5.32 Å². The van der Waals surface area contributed by atoms with E-state index in [1.165, 1.54) is 6.42 Å². The Morgan fingerprint density at radius 2 is 2.47 bits per heavy atom. The first-order valence-corrected chi connectivity index (χ1v) is 7.86. The van der Waals surface area contributed by atoms with Crippen molar-refractivity contribution in [3.05, 3.63) is 22.7 Å². The number of hydrogen-bond donors (Lipinski definition) is 1. The molecule has 0 saturated carbocycles. The number of hydrogen-bond acceptors (Lipinski definition) is 5. The predicted molar refractivity (Wildman–Crippen MR) is 76.3 cm³/mol. The lowest BCUT2D eigenvalue weighted by atomic mass is 9.77. The van der Waals surface area contributed by atoms with Gasteiger partial charge in [-0.25, -0.2) is 0 Å². The standard InChI is InChI=1S/C14H19N3OS/c1-2-5-14(6-3-7-15-10-14)13-16-12(17-18-13)11-4-8-19-9-11/h4,8-9,15H,2-3,5-7,10H2,1H3. The summed E-state index contributed by atoms with van der Waals surface area (Å²) in [6.45, 7) is 4.26. The van der Waals surface area contributed by atoms with Crippen LogP contribution in [0.3, 0.4) is 0 Å². The Bertz CT molecular complexity index is 509. The van der Waals surface area contributed by atoms with Gasteiger partial charge in [-0.15, -0.1) is 0 Å². The predicted octanol–water partition coefficient (Wildman–Crippen LogP) is 3.22. The van der Waals surface area contributed by atoms with E-state index in [1.54, 1.807) is 11.3 Å². The van der Waals surface area contributed by atoms with Crippen molar-refractivity contribution in [1.29, 1.82) is 0 Å². The van der Waals surface area contributed by atoms with Crippen molar-refractivity contribution < 1.29 is 4.52 Å². The average Bonchev–Trinajstić information content (AvgIpc) is 3.11. The highest BCUT2D eigenvalue weighted by molar-refractivity contribution is 7.08. The van der Waals surface area contributed by atoms with Gasteiger partial charge >= 0.3 is 0 Å². The molecule has 1 aliphatic rings. The summed E-state index contributed by atoms with van der Waals surface area (Å²) in [5.74, 6) is 1.53. The minimum absolute atomic E-state index is 0.0360. The molecule has 5 heteroatoms. The molecule has 1 saturated heterocycles. The molecule has 19 heavy (non-hydrogen) atoms. The summed E-state index contributed by atoms with van der Waals surface area (Å²) < 4.78 is 5.59. The van der Waals surface area contributed by atoms with E-state index in [9.17, 15) is 0 Å². The molecule has 0 spiro atoms. The van der Waals surface area contributed by atoms with E-state index in [0.29, 0.717) is 0 Å². The van der Waals surface area contributed by atoms with E-state index in [0.717, 1.165) is 49.6 Å². The Balaban J connectivity index is 1.90. The molecule has 0 radical (unpaired) electrons. The summed E-state index contributed by atoms with van der Waals surface area (Å²) in [4.78, 5) is 4.66. The largest absolute Gasteiger partial charge is 0.338 e. The van der Waals surface area contributed by atoms with Crippen LogP contribution in [0.1, 0.15) is 38.5 Å². The van der Waals surface area contributed by atoms with Crippen LogP contribution in [-0.2, 0) is 5.41 Å². The maximum Gasteiger partial charge on any atom is 0.234 e. The summed E-state index contributed by atoms with van der Waals surface area (Å²) in [5, 5.41) is 11.7. The molecule has 3 rings (SSSR count). The summed E-state index contributed by atoms with van der Waals surface area (Å²) in [6, 6.07) is 2.03. The van der Waals surface area contributed by atoms with Crippen LogP contribution in [0.2, 0.25) is 0 Å². The van der Waals surface area contributed by atoms with Crippen molar-refractivity contribution in [1.82, 2.24) is 15.5 Å². The van der Waals surface area contributed by atoms with Crippen LogP contribution in [0.5, 0.6) is 0 Å². The lowest BCUT2D eigenvalue weighted by molar-refractivity contribution is 0.213. The molecule has 1 atom stereocenters. The minimum atomic E-state index is 0.0360. The molecule has 2 aromatic heterocycles. The molecule has 102 valence electrons. The van der Waals surface area contributed by atoms with Gasteiger partial charge in [0.25, 0.3) is 0 Å². The SMILES string of the molecule is CCCC1(c2nc(-c3ccsc3)no2)CCCNC1. The van der Waals surface area contributed by atoms with Gasteiger partial charge in [-0.3, -0.25) is 0 Å². The van der Waals surface area contributed by atoms with Gasteiger partial charge in [0.1, 0.15) is 0 Å². The van der Waals surface area contributed by atoms with Gasteiger partial charge in [0.15, 0.2) is 0 Å². The molecule has 1 unspecified atom stereocenters. The van der Waals surface area contributed by atoms with Gasteiger partial charge in [-0.05, 0) is 37.3 Å². The first-order valence-electron chi connectivity index (χ1n) is 6.91. The van der Waals surface area contributed by atoms with Gasteiger partial charge in [0.2, 0.25) is 11.7 Å². The van der Waals surface area contributed by atoms with Crippen LogP contribution in [0.15, 0.2) is 21.3 Å². The second kappa shape index (κ2) is 5.43. The third-order valence-corrected chi connectivity index (χ3v) is 4.54. The third kappa shape index (κ3) is 2.44. The Kier molecular flexibility index (Phi) is 3.66. The van der Waals surface area contributed by atoms with E-state index < -0.39 is 0 Å². The van der Waals surface area contributed by atoms with E-state index in [2.05, 4.69) is 27.8 Å². The maximum absolute atomic E-state index is 5.59. The number of rotatable bonds is 4. The zero-order chi connectivity index (χ0) is 13.1. The Morgan fingerprint density at radius 1 is 1.53 bits per heavy atom. The molecule has 1 fully saturated rings. The van der Waals surface area contributed by atoms with Gasteiger partial charge in [0.05, 0.1) is 5.41 Å². The molecule has 0 aliphatic carbocycles. The van der Waals surface area contributed by atoms with Crippen LogP contribution >= 0.6 is 11.3 Å². The van der Waals surface area contributed by atoms with Crippen molar-refractivity contribution in [2.45, 2.75) is 38.0 Å². The molecule has 0 aromatic carbocycles. The van der Waals surface area contributed by atoms with Crippen molar-refractivity contribution in [2.75, 3.05) is 13.1 Å². The van der Waals surface area contributed by atoms with Crippen molar-refractivity contribution in [3.8, 4) is 11.4 Å². The van der Waals surface area contributed by atoms with Gasteiger partial charge < -0.3 is 9.84 Å². The first-order chi connectivity index (χ1) is 9.34. The highest BCUT2D eigenvalue weighted by Crippen LogP contribution is 2.35. The lowest BCUT2D eigenvalue weighted by Gasteiger charge is -2.34.